The largest absolute Gasteiger partial charge is 0.494 e. The van der Waals surface area contributed by atoms with E-state index in [4.69, 9.17) is 56.8 Å². The van der Waals surface area contributed by atoms with E-state index >= 15 is 0 Å². The van der Waals surface area contributed by atoms with Crippen molar-refractivity contribution in [1.82, 2.24) is 16.0 Å². The van der Waals surface area contributed by atoms with Crippen molar-refractivity contribution in [2.75, 3.05) is 33.5 Å². The van der Waals surface area contributed by atoms with Gasteiger partial charge in [-0.15, -0.1) is 0 Å². The zero-order valence-electron chi connectivity index (χ0n) is 82.8. The molecule has 730 valence electrons. The van der Waals surface area contributed by atoms with E-state index in [1.54, 1.807) is 27.7 Å². The van der Waals surface area contributed by atoms with Crippen molar-refractivity contribution in [2.45, 2.75) is 383 Å². The summed E-state index contributed by atoms with van der Waals surface area (Å²) in [6.45, 7) is 20.3. The average molecular weight is 1830 g/mol. The van der Waals surface area contributed by atoms with Gasteiger partial charge in [-0.2, -0.15) is 0 Å². The number of amides is 3. The number of benzene rings is 8. The van der Waals surface area contributed by atoms with Crippen molar-refractivity contribution in [2.24, 2.45) is 0 Å². The minimum Gasteiger partial charge on any atom is -0.494 e. The molecule has 0 aromatic heterocycles. The monoisotopic (exact) mass is 1830 g/mol. The van der Waals surface area contributed by atoms with E-state index in [2.05, 4.69) is 92.2 Å². The highest BCUT2D eigenvalue weighted by atomic mass is 16.6. The number of carbonyl (C=O) groups is 3. The predicted molar refractivity (Wildman–Crippen MR) is 540 cm³/mol. The van der Waals surface area contributed by atoms with Gasteiger partial charge in [0.2, 0.25) is 11.8 Å². The Bertz CT molecular complexity index is 4000. The highest BCUT2D eigenvalue weighted by Crippen LogP contribution is 2.33. The molecule has 18 heteroatoms. The van der Waals surface area contributed by atoms with Gasteiger partial charge < -0.3 is 72.8 Å². The van der Waals surface area contributed by atoms with Crippen LogP contribution in [0, 0.1) is 0 Å². The molecule has 0 bridgehead atoms. The molecule has 0 spiro atoms. The Morgan fingerprint density at radius 2 is 0.459 bits per heavy atom. The lowest BCUT2D eigenvalue weighted by Gasteiger charge is -2.24. The number of likely N-dealkylation sites (N-methyl/N-ethyl adjacent to an activating group) is 1. The first-order valence-corrected chi connectivity index (χ1v) is 51.3. The van der Waals surface area contributed by atoms with Gasteiger partial charge in [0, 0.05) is 31.7 Å². The Morgan fingerprint density at radius 1 is 0.248 bits per heavy atom. The number of ether oxygens (including phenoxy) is 12. The Balaban J connectivity index is 1.01. The van der Waals surface area contributed by atoms with Gasteiger partial charge in [-0.1, -0.05) is 320 Å². The molecule has 3 N–H and O–H groups in total. The van der Waals surface area contributed by atoms with Crippen LogP contribution in [0.3, 0.4) is 0 Å². The molecule has 2 atom stereocenters. The minimum atomic E-state index is -1.07. The standard InChI is InChI=1S/C115H165N3O15/c1-10-14-18-22-26-30-34-38-42-46-70-122-100-62-52-93(53-63-100)84-127-105-76-98(77-106(81-105)128-85-94-54-64-101(65-55-94)123-71-47-43-39-35-31-27-23-19-15-11-2)89-131-109-74-97(88-126-104-60-50-92(51-61-104)80-111(118-114(121)133-115(6,7)8)113(120)117-91(5)112(119)116-9)75-110(83-109)132-90-99-78-107(129-86-95-56-66-102(67-57-95)124-72-48-44-40-36-32-28-24-20-16-12-3)82-108(79-99)130-87-96-58-68-103(69-59-96)125-73-49-45-41-37-33-29-25-21-17-13-4/h50-69,74-79,81-83,91,111H,10-49,70-73,80,84-90H2,1-9H3,(H,116,119)(H,117,120)(H,118,121)/t91-,111-/m1/s1. The van der Waals surface area contributed by atoms with E-state index in [-0.39, 0.29) is 32.1 Å². The number of alkyl carbamates (subject to hydrolysis) is 1. The second-order valence-corrected chi connectivity index (χ2v) is 37.0. The Labute approximate surface area is 800 Å². The van der Waals surface area contributed by atoms with Crippen LogP contribution in [0.15, 0.2) is 176 Å². The first-order chi connectivity index (χ1) is 65.0. The van der Waals surface area contributed by atoms with Crippen molar-refractivity contribution in [3.8, 4) is 63.2 Å². The van der Waals surface area contributed by atoms with E-state index in [1.165, 1.54) is 238 Å². The van der Waals surface area contributed by atoms with Crippen LogP contribution in [0.5, 0.6) is 63.2 Å². The maximum Gasteiger partial charge on any atom is 0.408 e. The lowest BCUT2D eigenvalue weighted by molar-refractivity contribution is -0.129. The number of nitrogens with one attached hydrogen (secondary N) is 3. The fourth-order valence-electron chi connectivity index (χ4n) is 15.9. The molecule has 0 saturated heterocycles. The van der Waals surface area contributed by atoms with Crippen LogP contribution in [-0.4, -0.2) is 69.1 Å². The molecular weight excluding hydrogens is 1660 g/mol. The Hall–Kier alpha value is -10.2. The molecule has 3 amide bonds. The molecule has 0 aliphatic heterocycles. The van der Waals surface area contributed by atoms with E-state index in [0.29, 0.717) is 93.1 Å². The Kier molecular flexibility index (Phi) is 53.8. The molecule has 0 fully saturated rings. The molecule has 0 unspecified atom stereocenters. The molecule has 18 nitrogen and oxygen atoms in total. The van der Waals surface area contributed by atoms with Gasteiger partial charge in [-0.3, -0.25) is 9.59 Å². The first kappa shape index (κ1) is 108. The minimum absolute atomic E-state index is 0.0932. The molecule has 8 aromatic carbocycles. The van der Waals surface area contributed by atoms with Gasteiger partial charge in [-0.25, -0.2) is 4.79 Å². The van der Waals surface area contributed by atoms with Gasteiger partial charge >= 0.3 is 6.09 Å². The fourth-order valence-corrected chi connectivity index (χ4v) is 15.9. The molecule has 0 radical (unpaired) electrons. The van der Waals surface area contributed by atoms with Crippen LogP contribution >= 0.6 is 0 Å². The normalized spacial score (nSPS) is 11.7. The van der Waals surface area contributed by atoms with Crippen molar-refractivity contribution in [3.63, 3.8) is 0 Å². The van der Waals surface area contributed by atoms with Crippen LogP contribution in [0.2, 0.25) is 0 Å². The van der Waals surface area contributed by atoms with Crippen LogP contribution in [0.1, 0.15) is 357 Å². The second-order valence-electron chi connectivity index (χ2n) is 37.0. The maximum atomic E-state index is 13.7. The lowest BCUT2D eigenvalue weighted by Crippen LogP contribution is -2.53. The summed E-state index contributed by atoms with van der Waals surface area (Å²) in [7, 11) is 1.50. The van der Waals surface area contributed by atoms with Gasteiger partial charge in [0.25, 0.3) is 0 Å². The molecular formula is C115H165N3O15. The van der Waals surface area contributed by atoms with Crippen LogP contribution in [0.25, 0.3) is 0 Å². The number of unbranched alkanes of at least 4 members (excludes halogenated alkanes) is 36. The zero-order valence-corrected chi connectivity index (χ0v) is 82.8. The number of rotatable bonds is 75. The van der Waals surface area contributed by atoms with Gasteiger partial charge in [0.05, 0.1) is 26.4 Å². The molecule has 0 aliphatic carbocycles. The van der Waals surface area contributed by atoms with Crippen molar-refractivity contribution in [3.05, 3.63) is 220 Å². The topological polar surface area (TPSA) is 198 Å². The van der Waals surface area contributed by atoms with Crippen molar-refractivity contribution < 1.29 is 71.2 Å². The summed E-state index contributed by atoms with van der Waals surface area (Å²) in [6, 6.07) is 55.6. The smallest absolute Gasteiger partial charge is 0.408 e. The molecule has 0 aliphatic rings. The van der Waals surface area contributed by atoms with E-state index in [1.807, 2.05) is 127 Å². The molecule has 0 heterocycles. The number of hydrogen-bond acceptors (Lipinski definition) is 15. The zero-order chi connectivity index (χ0) is 94.2. The van der Waals surface area contributed by atoms with Crippen LogP contribution in [0.4, 0.5) is 4.79 Å². The SMILES string of the molecule is CCCCCCCCCCCCOc1ccc(COc2cc(COc3cc(COc4ccc(C[C@@H](NC(=O)OC(C)(C)C)C(=O)N[C@H](C)C(=O)NC)cc4)cc(OCc4cc(OCc5ccc(OCCCCCCCCCCCC)cc5)cc(OCc5ccc(OCCCCCCCCCCCC)cc5)c4)c3)cc(OCc3ccc(OCCCCCCCCCCCC)cc3)c2)cc1. The van der Waals surface area contributed by atoms with Crippen molar-refractivity contribution >= 4 is 17.9 Å². The summed E-state index contributed by atoms with van der Waals surface area (Å²) in [5.74, 6) is 6.50. The fraction of sp³-hybridized carbons (Fsp3) is 0.557. The molecule has 8 rings (SSSR count). The summed E-state index contributed by atoms with van der Waals surface area (Å²) >= 11 is 0. The summed E-state index contributed by atoms with van der Waals surface area (Å²) in [5, 5.41) is 8.00. The van der Waals surface area contributed by atoms with Gasteiger partial charge in [0.1, 0.15) is 127 Å². The third kappa shape index (κ3) is 48.5. The van der Waals surface area contributed by atoms with Gasteiger partial charge in [-0.05, 0) is 195 Å². The first-order valence-electron chi connectivity index (χ1n) is 51.3. The number of hydrogen-bond donors (Lipinski definition) is 3. The van der Waals surface area contributed by atoms with E-state index in [0.717, 1.165) is 93.2 Å². The van der Waals surface area contributed by atoms with Gasteiger partial charge in [0.15, 0.2) is 0 Å². The summed E-state index contributed by atoms with van der Waals surface area (Å²) < 4.78 is 77.2. The average Bonchev–Trinajstić information content (AvgIpc) is 0.840. The van der Waals surface area contributed by atoms with Crippen LogP contribution in [-0.2, 0) is 67.0 Å². The van der Waals surface area contributed by atoms with E-state index in [9.17, 15) is 14.4 Å². The summed E-state index contributed by atoms with van der Waals surface area (Å²) in [5.41, 5.74) is 6.25. The molecule has 8 aromatic rings. The lowest BCUT2D eigenvalue weighted by atomic mass is 10.0. The second kappa shape index (κ2) is 66.2. The van der Waals surface area contributed by atoms with E-state index < -0.39 is 29.7 Å². The predicted octanol–water partition coefficient (Wildman–Crippen LogP) is 29.6. The molecule has 133 heavy (non-hydrogen) atoms. The molecule has 0 saturated carbocycles. The maximum absolute atomic E-state index is 13.7. The summed E-state index contributed by atoms with van der Waals surface area (Å²) in [6.07, 6.45) is 50.4. The van der Waals surface area contributed by atoms with Crippen molar-refractivity contribution in [1.29, 1.82) is 0 Å². The highest BCUT2D eigenvalue weighted by Gasteiger charge is 2.28. The number of carbonyl (C=O) groups excluding carboxylic acids is 3. The summed E-state index contributed by atoms with van der Waals surface area (Å²) in [4.78, 5) is 39.4. The Morgan fingerprint density at radius 3 is 0.692 bits per heavy atom. The third-order valence-electron chi connectivity index (χ3n) is 23.8. The third-order valence-corrected chi connectivity index (χ3v) is 23.8. The van der Waals surface area contributed by atoms with Crippen LogP contribution < -0.4 is 68.1 Å². The highest BCUT2D eigenvalue weighted by molar-refractivity contribution is 5.91. The quantitative estimate of drug-likeness (QED) is 0.0304.